The molecule has 8 amide bonds. The normalized spacial score (nSPS) is 28.5. The zero-order valence-electron chi connectivity index (χ0n) is 65.3. The number of rotatable bonds is 25. The van der Waals surface area contributed by atoms with Gasteiger partial charge in [-0.2, -0.15) is 0 Å². The molecule has 638 valence electrons. The highest BCUT2D eigenvalue weighted by Gasteiger charge is 2.53. The van der Waals surface area contributed by atoms with Gasteiger partial charge in [-0.25, -0.2) is 13.1 Å². The van der Waals surface area contributed by atoms with Crippen LogP contribution in [0.5, 0.6) is 34.5 Å². The molecule has 37 heteroatoms. The quantitative estimate of drug-likeness (QED) is 0.0294. The molecule has 5 aromatic rings. The Kier molecular flexibility index (Phi) is 26.7. The highest BCUT2D eigenvalue weighted by Crippen LogP contribution is 2.56. The highest BCUT2D eigenvalue weighted by atomic mass is 35.5. The summed E-state index contributed by atoms with van der Waals surface area (Å²) in [5.41, 5.74) is 9.36. The molecule has 5 aromatic carbocycles. The zero-order valence-corrected chi connectivity index (χ0v) is 67.6. The number of nitrogens with one attached hydrogen (secondary N) is 10. The van der Waals surface area contributed by atoms with E-state index in [0.717, 1.165) is 88.5 Å². The first kappa shape index (κ1) is 86.9. The van der Waals surface area contributed by atoms with Gasteiger partial charge in [0.15, 0.2) is 11.5 Å². The Morgan fingerprint density at radius 1 is 0.678 bits per heavy atom. The van der Waals surface area contributed by atoms with Gasteiger partial charge in [0.2, 0.25) is 75.1 Å². The number of hydrogen-bond acceptors (Lipinski definition) is 25. The van der Waals surface area contributed by atoms with E-state index in [1.54, 1.807) is 0 Å². The minimum Gasteiger partial charge on any atom is -0.508 e. The Hall–Kier alpha value is -8.89. The van der Waals surface area contributed by atoms with Gasteiger partial charge in [-0.15, -0.1) is 0 Å². The van der Waals surface area contributed by atoms with Crippen LogP contribution in [-0.2, 0) is 65.4 Å². The van der Waals surface area contributed by atoms with Crippen molar-refractivity contribution < 1.29 is 107 Å². The second kappa shape index (κ2) is 36.2. The number of likely N-dealkylation sites (N-methyl/N-ethyl adjacent to an activating group) is 1. The third-order valence-corrected chi connectivity index (χ3v) is 25.8. The number of unbranched alkanes of at least 4 members (excludes halogenated alkanes) is 5. The van der Waals surface area contributed by atoms with E-state index in [1.165, 1.54) is 55.6 Å². The van der Waals surface area contributed by atoms with Gasteiger partial charge in [0.25, 0.3) is 0 Å². The summed E-state index contributed by atoms with van der Waals surface area (Å²) in [6, 6.07) is -0.0178. The number of benzene rings is 5. The molecule has 5 fully saturated rings. The van der Waals surface area contributed by atoms with Crippen LogP contribution in [0, 0.1) is 29.6 Å². The molecule has 16 rings (SSSR count). The van der Waals surface area contributed by atoms with Crippen LogP contribution < -0.4 is 78.3 Å². The van der Waals surface area contributed by atoms with Crippen molar-refractivity contribution in [1.29, 1.82) is 0 Å². The second-order valence-electron chi connectivity index (χ2n) is 32.5. The van der Waals surface area contributed by atoms with Crippen molar-refractivity contribution in [3.8, 4) is 45.6 Å². The van der Waals surface area contributed by atoms with E-state index in [9.17, 15) is 63.7 Å². The van der Waals surface area contributed by atoms with Crippen LogP contribution in [0.4, 0.5) is 0 Å². The van der Waals surface area contributed by atoms with Crippen LogP contribution in [0.25, 0.3) is 11.1 Å². The van der Waals surface area contributed by atoms with E-state index in [0.29, 0.717) is 18.3 Å². The lowest BCUT2D eigenvalue weighted by atomic mass is 9.54. The summed E-state index contributed by atoms with van der Waals surface area (Å²) in [6.45, 7) is 4.70. The molecule has 118 heavy (non-hydrogen) atoms. The number of phenolic OH excluding ortho intramolecular Hbond substituents is 1. The second-order valence-corrected chi connectivity index (χ2v) is 35.2. The molecule has 14 unspecified atom stereocenters. The monoisotopic (exact) mass is 1700 g/mol. The SMILES string of the molecule is CCCCCCCCS(=O)(=O)NCCNCc1c(O)cc2c3c1C(O)(O)c1ccc(cc1-3)C1NC(=O)C3NC(=O)C(CC(N)=O)NC(=O)C(NC(=O)C(CC(C)C)NC)C(O)c4ccc(c(Cl)c4)Oc4cc3cc(c4OC3OC(CN)C(O)C(O)C3O)Oc3ccc(cc3Cl)C(O)C(NC1=O)C(=O)NC2C(=O)NC1C2CC3CC(C2)CC1C3. The largest absolute Gasteiger partial charge is 0.508 e. The molecule has 1 saturated heterocycles. The number of phenols is 1. The lowest BCUT2D eigenvalue weighted by Crippen LogP contribution is -2.60. The van der Waals surface area contributed by atoms with Gasteiger partial charge in [-0.1, -0.05) is 100 Å². The number of hydrogen-bond donors (Lipinski definition) is 20. The van der Waals surface area contributed by atoms with Crippen molar-refractivity contribution in [2.45, 2.75) is 208 Å². The number of carbonyl (C=O) groups is 8. The zero-order chi connectivity index (χ0) is 84.7. The van der Waals surface area contributed by atoms with Crippen molar-refractivity contribution in [1.82, 2.24) is 52.6 Å². The average Bonchev–Trinajstić information content (AvgIpc) is 1.54. The molecule has 22 N–H and O–H groups in total. The maximum atomic E-state index is 16.4. The molecule has 11 aliphatic rings. The van der Waals surface area contributed by atoms with Gasteiger partial charge in [0, 0.05) is 48.9 Å². The molecular formula is C81H102Cl2N12O22S. The minimum absolute atomic E-state index is 0.0412. The highest BCUT2D eigenvalue weighted by molar-refractivity contribution is 7.89. The van der Waals surface area contributed by atoms with Crippen molar-refractivity contribution in [2.75, 3.05) is 32.4 Å². The maximum absolute atomic E-state index is 16.4. The lowest BCUT2D eigenvalue weighted by molar-refractivity contribution is -0.270. The maximum Gasteiger partial charge on any atom is 0.248 e. The number of primary amides is 1. The third kappa shape index (κ3) is 18.4. The summed E-state index contributed by atoms with van der Waals surface area (Å²) < 4.78 is 54.5. The summed E-state index contributed by atoms with van der Waals surface area (Å²) in [6.07, 6.45) is -4.93. The van der Waals surface area contributed by atoms with Crippen molar-refractivity contribution >= 4 is 80.5 Å². The first-order chi connectivity index (χ1) is 56.1. The van der Waals surface area contributed by atoms with E-state index in [4.69, 9.17) is 53.6 Å². The molecule has 0 radical (unpaired) electrons. The van der Waals surface area contributed by atoms with Crippen LogP contribution in [0.3, 0.4) is 0 Å². The first-order valence-electron chi connectivity index (χ1n) is 40.0. The number of fused-ring (bicyclic) bond motifs is 12. The number of nitrogens with two attached hydrogens (primary N) is 2. The van der Waals surface area contributed by atoms with E-state index in [1.807, 2.05) is 13.8 Å². The predicted molar refractivity (Wildman–Crippen MR) is 425 cm³/mol. The molecule has 14 atom stereocenters. The molecule has 0 aromatic heterocycles. The molecule has 6 heterocycles. The number of halogens is 2. The van der Waals surface area contributed by atoms with E-state index in [-0.39, 0.29) is 116 Å². The molecule has 34 nitrogen and oxygen atoms in total. The van der Waals surface area contributed by atoms with Crippen LogP contribution in [-0.4, -0.2) is 190 Å². The van der Waals surface area contributed by atoms with Crippen molar-refractivity contribution in [3.63, 3.8) is 0 Å². The topological polar surface area (TPSA) is 542 Å². The van der Waals surface area contributed by atoms with E-state index in [2.05, 4.69) is 59.5 Å². The number of aromatic hydroxyl groups is 1. The van der Waals surface area contributed by atoms with Gasteiger partial charge in [-0.05, 0) is 169 Å². The van der Waals surface area contributed by atoms with Crippen LogP contribution >= 0.6 is 23.2 Å². The number of aliphatic hydroxyl groups is 7. The van der Waals surface area contributed by atoms with Crippen LogP contribution in [0.15, 0.2) is 72.8 Å². The van der Waals surface area contributed by atoms with Crippen LogP contribution in [0.2, 0.25) is 10.0 Å². The molecule has 4 saturated carbocycles. The van der Waals surface area contributed by atoms with Gasteiger partial charge in [0.1, 0.15) is 90.1 Å². The van der Waals surface area contributed by atoms with E-state index < -0.39 is 201 Å². The molecule has 6 aliphatic heterocycles. The Balaban J connectivity index is 0.984. The summed E-state index contributed by atoms with van der Waals surface area (Å²) in [4.78, 5) is 122. The van der Waals surface area contributed by atoms with Crippen molar-refractivity contribution in [3.05, 3.63) is 127 Å². The number of carbonyl (C=O) groups excluding carboxylic acids is 8. The summed E-state index contributed by atoms with van der Waals surface area (Å²) >= 11 is 14.3. The fourth-order valence-electron chi connectivity index (χ4n) is 18.0. The van der Waals surface area contributed by atoms with Gasteiger partial charge >= 0.3 is 0 Å². The van der Waals surface area contributed by atoms with Gasteiger partial charge < -0.3 is 119 Å². The number of amides is 8. The number of ether oxygens (including phenoxy) is 4. The van der Waals surface area contributed by atoms with Crippen molar-refractivity contribution in [2.24, 2.45) is 41.1 Å². The number of sulfonamides is 1. The van der Waals surface area contributed by atoms with Gasteiger partial charge in [-0.3, -0.25) is 38.4 Å². The Morgan fingerprint density at radius 2 is 1.29 bits per heavy atom. The lowest BCUT2D eigenvalue weighted by Gasteiger charge is -2.54. The molecule has 15 bridgehead atoms. The Labute approximate surface area is 690 Å². The minimum atomic E-state index is -3.74. The smallest absolute Gasteiger partial charge is 0.248 e. The van der Waals surface area contributed by atoms with Gasteiger partial charge in [0.05, 0.1) is 28.3 Å². The Morgan fingerprint density at radius 3 is 1.91 bits per heavy atom. The van der Waals surface area contributed by atoms with Crippen LogP contribution in [0.1, 0.15) is 179 Å². The molecule has 0 spiro atoms. The fourth-order valence-corrected chi connectivity index (χ4v) is 19.6. The third-order valence-electron chi connectivity index (χ3n) is 23.7. The number of aliphatic hydroxyl groups excluding tert-OH is 5. The fraction of sp³-hybridized carbons (Fsp3) is 0.531. The summed E-state index contributed by atoms with van der Waals surface area (Å²) in [5.74, 6) is -14.9. The predicted octanol–water partition coefficient (Wildman–Crippen LogP) is 2.15. The summed E-state index contributed by atoms with van der Waals surface area (Å²) in [5, 5.41) is 121. The molecular weight excluding hydrogens is 1600 g/mol. The first-order valence-corrected chi connectivity index (χ1v) is 42.4. The van der Waals surface area contributed by atoms with E-state index >= 15 is 24.0 Å². The molecule has 5 aliphatic carbocycles. The summed E-state index contributed by atoms with van der Waals surface area (Å²) in [7, 11) is -2.25. The standard InChI is InChI=1S/C81H102Cl2N12O22S/c1-5-6-7-8-9-10-19-118(112,113)88-18-17-87-34-46-52(96)31-45-59-44-26-38(11-14-47(44)81(110,111)60(46)59)62-75(105)95-66(79(109)93-64(45)77(107)90-61-41-22-36-21-37(24-41)25-42(61)23-36)68(99)40-13-16-54(49(83)28-40)115-56-30-43-29-55(72(56)117-80-71(102)70(101)69(100)57(33-84)116-80)114-53-15-12-39(27-48(53)82)67(98)65(94-73(103)50(86-4)20-35(2)3)78(108)89-51(32-58(85)97)74(104)91-63(43)76(106)92-62/h11-16,26-31,35-37,41-42,50-51,57,61-71,80,86-88,96,98-102,110-111H,5-10,17-25,32-34,84H2,1-4H3,(H2,85,97)(H,89,108)(H,90,107)(H,91,104)(H,92,106)(H,93,109)(H,94,103)(H,95,105). The Bertz CT molecular complexity index is 4780. The average molecular weight is 1700 g/mol.